The lowest BCUT2D eigenvalue weighted by Crippen LogP contribution is -1.99. The number of rotatable bonds is 2. The summed E-state index contributed by atoms with van der Waals surface area (Å²) in [6.07, 6.45) is 5.13. The first-order valence-corrected chi connectivity index (χ1v) is 3.64. The molecular weight excluding hydrogens is 155 g/mol. The van der Waals surface area contributed by atoms with E-state index in [0.717, 1.165) is 5.56 Å². The Bertz CT molecular complexity index is 282. The fraction of sp³-hybridized carbons (Fsp3) is 0.222. The van der Waals surface area contributed by atoms with Gasteiger partial charge in [-0.05, 0) is 23.9 Å². The first-order chi connectivity index (χ1) is 5.68. The first-order valence-electron chi connectivity index (χ1n) is 3.64. The lowest BCUT2D eigenvalue weighted by atomic mass is 10.2. The van der Waals surface area contributed by atoms with Crippen LogP contribution in [0.3, 0.4) is 0 Å². The maximum absolute atomic E-state index is 12.5. The Hall–Kier alpha value is -1.38. The fourth-order valence-corrected chi connectivity index (χ4v) is 0.756. The van der Waals surface area contributed by atoms with Crippen LogP contribution in [-0.4, -0.2) is 24.0 Å². The number of pyridine rings is 1. The third-order valence-electron chi connectivity index (χ3n) is 1.32. The van der Waals surface area contributed by atoms with Crippen molar-refractivity contribution < 1.29 is 4.39 Å². The molecule has 64 valence electrons. The second-order valence-electron chi connectivity index (χ2n) is 2.69. The fourth-order valence-electron chi connectivity index (χ4n) is 0.756. The molecule has 1 aromatic rings. The third-order valence-corrected chi connectivity index (χ3v) is 1.32. The smallest absolute Gasteiger partial charge is 0.213 e. The van der Waals surface area contributed by atoms with Gasteiger partial charge >= 0.3 is 0 Å². The molecule has 1 heterocycles. The molecule has 0 aliphatic rings. The normalized spacial score (nSPS) is 10.6. The Balaban J connectivity index is 2.76. The van der Waals surface area contributed by atoms with Crippen molar-refractivity contribution in [2.45, 2.75) is 0 Å². The van der Waals surface area contributed by atoms with Gasteiger partial charge in [0.1, 0.15) is 0 Å². The highest BCUT2D eigenvalue weighted by Crippen LogP contribution is 2.02. The Morgan fingerprint density at radius 2 is 2.25 bits per heavy atom. The summed E-state index contributed by atoms with van der Waals surface area (Å²) < 4.78 is 12.5. The summed E-state index contributed by atoms with van der Waals surface area (Å²) in [5.41, 5.74) is 0.816. The molecule has 12 heavy (non-hydrogen) atoms. The topological polar surface area (TPSA) is 16.1 Å². The Labute approximate surface area is 71.3 Å². The highest BCUT2D eigenvalue weighted by molar-refractivity contribution is 5.47. The number of aromatic nitrogens is 1. The second kappa shape index (κ2) is 3.85. The summed E-state index contributed by atoms with van der Waals surface area (Å²) in [6.45, 7) is 0. The molecule has 0 atom stereocenters. The summed E-state index contributed by atoms with van der Waals surface area (Å²) in [5, 5.41) is 0. The molecule has 2 nitrogen and oxygen atoms in total. The second-order valence-corrected chi connectivity index (χ2v) is 2.69. The van der Waals surface area contributed by atoms with Crippen molar-refractivity contribution in [2.75, 3.05) is 14.1 Å². The molecule has 0 N–H and O–H groups in total. The van der Waals surface area contributed by atoms with Crippen LogP contribution in [0.1, 0.15) is 5.56 Å². The van der Waals surface area contributed by atoms with Gasteiger partial charge in [0.25, 0.3) is 0 Å². The van der Waals surface area contributed by atoms with Gasteiger partial charge in [0.05, 0.1) is 0 Å². The minimum Gasteiger partial charge on any atom is -0.383 e. The lowest BCUT2D eigenvalue weighted by Gasteiger charge is -2.02. The standard InChI is InChI=1S/C9H11FN2/c1-12(2)6-4-8-3-5-11-9(10)7-8/h3-7H,1-2H3/b6-4+. The van der Waals surface area contributed by atoms with Crippen molar-refractivity contribution in [1.29, 1.82) is 0 Å². The molecule has 0 unspecified atom stereocenters. The summed E-state index contributed by atoms with van der Waals surface area (Å²) in [4.78, 5) is 5.34. The van der Waals surface area contributed by atoms with Gasteiger partial charge in [0, 0.05) is 26.4 Å². The van der Waals surface area contributed by atoms with E-state index in [2.05, 4.69) is 4.98 Å². The third kappa shape index (κ3) is 2.70. The largest absolute Gasteiger partial charge is 0.383 e. The minimum atomic E-state index is -0.448. The van der Waals surface area contributed by atoms with Crippen molar-refractivity contribution in [1.82, 2.24) is 9.88 Å². The van der Waals surface area contributed by atoms with Crippen LogP contribution in [0.2, 0.25) is 0 Å². The zero-order valence-corrected chi connectivity index (χ0v) is 7.16. The van der Waals surface area contributed by atoms with Crippen LogP contribution in [-0.2, 0) is 0 Å². The van der Waals surface area contributed by atoms with Crippen LogP contribution in [0.4, 0.5) is 4.39 Å². The van der Waals surface area contributed by atoms with E-state index < -0.39 is 5.95 Å². The minimum absolute atomic E-state index is 0.448. The van der Waals surface area contributed by atoms with E-state index in [1.807, 2.05) is 31.3 Å². The number of halogens is 1. The predicted molar refractivity (Wildman–Crippen MR) is 46.9 cm³/mol. The van der Waals surface area contributed by atoms with Crippen LogP contribution in [0.25, 0.3) is 6.08 Å². The van der Waals surface area contributed by atoms with Gasteiger partial charge in [-0.2, -0.15) is 4.39 Å². The molecule has 1 rings (SSSR count). The van der Waals surface area contributed by atoms with E-state index in [0.29, 0.717) is 0 Å². The number of hydrogen-bond donors (Lipinski definition) is 0. The van der Waals surface area contributed by atoms with E-state index >= 15 is 0 Å². The van der Waals surface area contributed by atoms with Crippen LogP contribution in [0.15, 0.2) is 24.5 Å². The van der Waals surface area contributed by atoms with E-state index in [1.54, 1.807) is 6.07 Å². The maximum atomic E-state index is 12.5. The quantitative estimate of drug-likeness (QED) is 0.622. The van der Waals surface area contributed by atoms with E-state index in [1.165, 1.54) is 12.3 Å². The summed E-state index contributed by atoms with van der Waals surface area (Å²) in [7, 11) is 3.82. The molecule has 0 aliphatic heterocycles. The Morgan fingerprint density at radius 1 is 1.50 bits per heavy atom. The van der Waals surface area contributed by atoms with Gasteiger partial charge in [0.15, 0.2) is 0 Å². The molecule has 0 saturated carbocycles. The molecular formula is C9H11FN2. The van der Waals surface area contributed by atoms with Crippen molar-refractivity contribution in [2.24, 2.45) is 0 Å². The highest BCUT2D eigenvalue weighted by Gasteiger charge is 1.90. The average Bonchev–Trinajstić information content (AvgIpc) is 2.01. The molecule has 0 spiro atoms. The molecule has 0 aliphatic carbocycles. The molecule has 0 amide bonds. The van der Waals surface area contributed by atoms with Crippen LogP contribution in [0, 0.1) is 5.95 Å². The van der Waals surface area contributed by atoms with Gasteiger partial charge in [-0.25, -0.2) is 4.98 Å². The number of hydrogen-bond acceptors (Lipinski definition) is 2. The predicted octanol–water partition coefficient (Wildman–Crippen LogP) is 1.75. The van der Waals surface area contributed by atoms with Crippen LogP contribution in [0.5, 0.6) is 0 Å². The van der Waals surface area contributed by atoms with Crippen LogP contribution >= 0.6 is 0 Å². The van der Waals surface area contributed by atoms with Gasteiger partial charge in [0.2, 0.25) is 5.95 Å². The molecule has 0 bridgehead atoms. The van der Waals surface area contributed by atoms with Gasteiger partial charge in [-0.1, -0.05) is 0 Å². The zero-order valence-electron chi connectivity index (χ0n) is 7.16. The van der Waals surface area contributed by atoms with Gasteiger partial charge in [-0.15, -0.1) is 0 Å². The SMILES string of the molecule is CN(C)/C=C/c1ccnc(F)c1. The lowest BCUT2D eigenvalue weighted by molar-refractivity contribution is 0.567. The van der Waals surface area contributed by atoms with Gasteiger partial charge < -0.3 is 4.90 Å². The van der Waals surface area contributed by atoms with E-state index in [-0.39, 0.29) is 0 Å². The molecule has 3 heteroatoms. The average molecular weight is 166 g/mol. The van der Waals surface area contributed by atoms with Crippen molar-refractivity contribution in [3.8, 4) is 0 Å². The first kappa shape index (κ1) is 8.71. The van der Waals surface area contributed by atoms with Crippen LogP contribution < -0.4 is 0 Å². The van der Waals surface area contributed by atoms with E-state index in [9.17, 15) is 4.39 Å². The summed E-state index contributed by atoms with van der Waals surface area (Å²) in [5.74, 6) is -0.448. The Morgan fingerprint density at radius 3 is 2.83 bits per heavy atom. The highest BCUT2D eigenvalue weighted by atomic mass is 19.1. The number of nitrogens with zero attached hydrogens (tertiary/aromatic N) is 2. The summed E-state index contributed by atoms with van der Waals surface area (Å²) in [6, 6.07) is 3.14. The molecule has 1 aromatic heterocycles. The maximum Gasteiger partial charge on any atom is 0.213 e. The van der Waals surface area contributed by atoms with Crippen molar-refractivity contribution >= 4 is 6.08 Å². The zero-order chi connectivity index (χ0) is 8.97. The monoisotopic (exact) mass is 166 g/mol. The molecule has 0 saturated heterocycles. The molecule has 0 aromatic carbocycles. The molecule has 0 fully saturated rings. The summed E-state index contributed by atoms with van der Waals surface area (Å²) >= 11 is 0. The molecule has 0 radical (unpaired) electrons. The van der Waals surface area contributed by atoms with E-state index in [4.69, 9.17) is 0 Å². The van der Waals surface area contributed by atoms with Gasteiger partial charge in [-0.3, -0.25) is 0 Å². The van der Waals surface area contributed by atoms with Crippen molar-refractivity contribution in [3.05, 3.63) is 36.0 Å². The Kier molecular flexibility index (Phi) is 2.80. The van der Waals surface area contributed by atoms with Crippen molar-refractivity contribution in [3.63, 3.8) is 0 Å².